The van der Waals surface area contributed by atoms with Crippen molar-refractivity contribution in [2.24, 2.45) is 0 Å². The Hall–Kier alpha value is -1.99. The lowest BCUT2D eigenvalue weighted by molar-refractivity contribution is 0.253. The molecule has 1 saturated heterocycles. The number of nitrogens with zero attached hydrogens (tertiary/aromatic N) is 2. The molecule has 0 bridgehead atoms. The molecule has 7 nitrogen and oxygen atoms in total. The third-order valence-electron chi connectivity index (χ3n) is 3.56. The fourth-order valence-electron chi connectivity index (χ4n) is 2.41. The number of benzene rings is 1. The van der Waals surface area contributed by atoms with Gasteiger partial charge in [-0.2, -0.15) is 0 Å². The molecule has 0 saturated carbocycles. The van der Waals surface area contributed by atoms with Gasteiger partial charge in [0.2, 0.25) is 5.89 Å². The molecule has 8 heteroatoms. The highest BCUT2D eigenvalue weighted by Crippen LogP contribution is 2.31. The van der Waals surface area contributed by atoms with Gasteiger partial charge in [-0.25, -0.2) is 0 Å². The Balaban J connectivity index is 0.00000192. The van der Waals surface area contributed by atoms with E-state index in [-0.39, 0.29) is 25.1 Å². The summed E-state index contributed by atoms with van der Waals surface area (Å²) < 4.78 is 21.7. The summed E-state index contributed by atoms with van der Waals surface area (Å²) in [5, 5.41) is 11.4. The molecule has 23 heavy (non-hydrogen) atoms. The lowest BCUT2D eigenvalue weighted by Crippen LogP contribution is -2.12. The van der Waals surface area contributed by atoms with Gasteiger partial charge >= 0.3 is 0 Å². The average molecular weight is 342 g/mol. The zero-order valence-electron chi connectivity index (χ0n) is 13.1. The van der Waals surface area contributed by atoms with E-state index in [1.807, 2.05) is 0 Å². The number of methoxy groups -OCH3 is 2. The van der Waals surface area contributed by atoms with E-state index < -0.39 is 0 Å². The first-order chi connectivity index (χ1) is 10.8. The minimum Gasteiger partial charge on any atom is -0.493 e. The first-order valence-electron chi connectivity index (χ1n) is 7.20. The van der Waals surface area contributed by atoms with Crippen LogP contribution in [-0.2, 0) is 6.61 Å². The SMILES string of the molecule is COc1ccc(OCc2nnc([C@@H]3CCCN3)o2)cc1OC.Cl. The van der Waals surface area contributed by atoms with E-state index in [9.17, 15) is 0 Å². The summed E-state index contributed by atoms with van der Waals surface area (Å²) in [6.07, 6.45) is 2.16. The predicted octanol–water partition coefficient (Wildman–Crippen LogP) is 2.51. The predicted molar refractivity (Wildman–Crippen MR) is 85.4 cm³/mol. The van der Waals surface area contributed by atoms with Gasteiger partial charge in [-0.15, -0.1) is 22.6 Å². The molecule has 2 heterocycles. The summed E-state index contributed by atoms with van der Waals surface area (Å²) in [6.45, 7) is 1.21. The average Bonchev–Trinajstić information content (AvgIpc) is 3.23. The summed E-state index contributed by atoms with van der Waals surface area (Å²) in [6, 6.07) is 5.52. The van der Waals surface area contributed by atoms with Crippen LogP contribution in [0.3, 0.4) is 0 Å². The van der Waals surface area contributed by atoms with Crippen LogP contribution in [0.1, 0.15) is 30.7 Å². The third kappa shape index (κ3) is 4.05. The molecule has 1 aliphatic heterocycles. The Labute approximate surface area is 140 Å². The summed E-state index contributed by atoms with van der Waals surface area (Å²) >= 11 is 0. The van der Waals surface area contributed by atoms with Gasteiger partial charge in [0, 0.05) is 6.07 Å². The van der Waals surface area contributed by atoms with E-state index >= 15 is 0 Å². The summed E-state index contributed by atoms with van der Waals surface area (Å²) in [5.41, 5.74) is 0. The van der Waals surface area contributed by atoms with Gasteiger partial charge in [-0.3, -0.25) is 0 Å². The van der Waals surface area contributed by atoms with E-state index in [2.05, 4.69) is 15.5 Å². The minimum absolute atomic E-state index is 0. The van der Waals surface area contributed by atoms with Gasteiger partial charge in [0.1, 0.15) is 5.75 Å². The number of hydrogen-bond donors (Lipinski definition) is 1. The molecule has 0 aliphatic carbocycles. The highest BCUT2D eigenvalue weighted by molar-refractivity contribution is 5.85. The molecule has 0 amide bonds. The second-order valence-electron chi connectivity index (χ2n) is 4.99. The molecule has 1 fully saturated rings. The van der Waals surface area contributed by atoms with Crippen molar-refractivity contribution in [2.75, 3.05) is 20.8 Å². The lowest BCUT2D eigenvalue weighted by Gasteiger charge is -2.09. The molecule has 1 aromatic carbocycles. The van der Waals surface area contributed by atoms with E-state index in [1.165, 1.54) is 0 Å². The monoisotopic (exact) mass is 341 g/mol. The molecular weight excluding hydrogens is 322 g/mol. The maximum absolute atomic E-state index is 5.66. The Morgan fingerprint density at radius 1 is 1.22 bits per heavy atom. The first kappa shape index (κ1) is 17.4. The van der Waals surface area contributed by atoms with E-state index in [0.717, 1.165) is 19.4 Å². The fraction of sp³-hybridized carbons (Fsp3) is 0.467. The number of hydrogen-bond acceptors (Lipinski definition) is 7. The van der Waals surface area contributed by atoms with E-state index in [1.54, 1.807) is 32.4 Å². The van der Waals surface area contributed by atoms with Crippen LogP contribution in [0.2, 0.25) is 0 Å². The molecule has 126 valence electrons. The van der Waals surface area contributed by atoms with Crippen LogP contribution in [0.15, 0.2) is 22.6 Å². The van der Waals surface area contributed by atoms with Gasteiger partial charge < -0.3 is 23.9 Å². The van der Waals surface area contributed by atoms with Crippen LogP contribution in [0.25, 0.3) is 0 Å². The smallest absolute Gasteiger partial charge is 0.253 e. The molecule has 1 aliphatic rings. The van der Waals surface area contributed by atoms with Crippen molar-refractivity contribution in [2.45, 2.75) is 25.5 Å². The second-order valence-corrected chi connectivity index (χ2v) is 4.99. The summed E-state index contributed by atoms with van der Waals surface area (Å²) in [5.74, 6) is 3.00. The van der Waals surface area contributed by atoms with Gasteiger partial charge in [-0.1, -0.05) is 0 Å². The first-order valence-corrected chi connectivity index (χ1v) is 7.20. The summed E-state index contributed by atoms with van der Waals surface area (Å²) in [4.78, 5) is 0. The van der Waals surface area contributed by atoms with E-state index in [0.29, 0.717) is 29.0 Å². The highest BCUT2D eigenvalue weighted by Gasteiger charge is 2.22. The van der Waals surface area contributed by atoms with Crippen LogP contribution in [0, 0.1) is 0 Å². The van der Waals surface area contributed by atoms with Crippen molar-refractivity contribution >= 4 is 12.4 Å². The van der Waals surface area contributed by atoms with Crippen molar-refractivity contribution in [1.82, 2.24) is 15.5 Å². The molecule has 1 aromatic heterocycles. The van der Waals surface area contributed by atoms with Gasteiger partial charge in [0.15, 0.2) is 18.1 Å². The summed E-state index contributed by atoms with van der Waals surface area (Å²) in [7, 11) is 3.18. The van der Waals surface area contributed by atoms with Gasteiger partial charge in [0.25, 0.3) is 5.89 Å². The lowest BCUT2D eigenvalue weighted by atomic mass is 10.2. The van der Waals surface area contributed by atoms with Crippen LogP contribution < -0.4 is 19.5 Å². The Bertz CT molecular complexity index is 629. The largest absolute Gasteiger partial charge is 0.493 e. The topological polar surface area (TPSA) is 78.6 Å². The maximum Gasteiger partial charge on any atom is 0.253 e. The molecule has 1 atom stereocenters. The van der Waals surface area contributed by atoms with Crippen molar-refractivity contribution < 1.29 is 18.6 Å². The fourth-order valence-corrected chi connectivity index (χ4v) is 2.41. The Morgan fingerprint density at radius 3 is 2.74 bits per heavy atom. The van der Waals surface area contributed by atoms with Crippen molar-refractivity contribution in [3.05, 3.63) is 30.0 Å². The van der Waals surface area contributed by atoms with Crippen LogP contribution in [0.5, 0.6) is 17.2 Å². The molecule has 0 radical (unpaired) electrons. The minimum atomic E-state index is 0. The molecule has 1 N–H and O–H groups in total. The standard InChI is InChI=1S/C15H19N3O4.ClH/c1-19-12-6-5-10(8-13(12)20-2)21-9-14-17-18-15(22-14)11-4-3-7-16-11;/h5-6,8,11,16H,3-4,7,9H2,1-2H3;1H/t11-;/m0./s1. The zero-order chi connectivity index (χ0) is 15.4. The number of halogens is 1. The Kier molecular flexibility index (Phi) is 6.06. The number of ether oxygens (including phenoxy) is 3. The molecule has 2 aromatic rings. The normalized spacial score (nSPS) is 16.7. The Morgan fingerprint density at radius 2 is 2.04 bits per heavy atom. The second kappa shape index (κ2) is 8.03. The van der Waals surface area contributed by atoms with Crippen molar-refractivity contribution in [1.29, 1.82) is 0 Å². The van der Waals surface area contributed by atoms with Gasteiger partial charge in [-0.05, 0) is 31.5 Å². The molecular formula is C15H20ClN3O4. The molecule has 0 unspecified atom stereocenters. The number of aromatic nitrogens is 2. The van der Waals surface area contributed by atoms with Crippen LogP contribution in [0.4, 0.5) is 0 Å². The quantitative estimate of drug-likeness (QED) is 0.864. The van der Waals surface area contributed by atoms with Gasteiger partial charge in [0.05, 0.1) is 20.3 Å². The molecule has 0 spiro atoms. The highest BCUT2D eigenvalue weighted by atomic mass is 35.5. The van der Waals surface area contributed by atoms with Crippen molar-refractivity contribution in [3.63, 3.8) is 0 Å². The zero-order valence-corrected chi connectivity index (χ0v) is 13.9. The molecule has 3 rings (SSSR count). The van der Waals surface area contributed by atoms with Crippen molar-refractivity contribution in [3.8, 4) is 17.2 Å². The van der Waals surface area contributed by atoms with Crippen LogP contribution >= 0.6 is 12.4 Å². The number of rotatable bonds is 6. The maximum atomic E-state index is 5.66. The van der Waals surface area contributed by atoms with E-state index in [4.69, 9.17) is 18.6 Å². The van der Waals surface area contributed by atoms with Crippen LogP contribution in [-0.4, -0.2) is 31.0 Å². The number of nitrogens with one attached hydrogen (secondary N) is 1. The third-order valence-corrected chi connectivity index (χ3v) is 3.56.